The van der Waals surface area contributed by atoms with Crippen LogP contribution in [0.1, 0.15) is 18.6 Å². The number of hydrogen-bond acceptors (Lipinski definition) is 5. The van der Waals surface area contributed by atoms with E-state index in [9.17, 15) is 5.11 Å². The second kappa shape index (κ2) is 4.62. The Bertz CT molecular complexity index is 444. The summed E-state index contributed by atoms with van der Waals surface area (Å²) in [6, 6.07) is 0. The number of aliphatic hydroxyl groups excluding tert-OH is 1. The zero-order valence-electron chi connectivity index (χ0n) is 9.74. The normalized spacial score (nSPS) is 14.6. The molecule has 0 aliphatic carbocycles. The molecule has 0 aromatic heterocycles. The Kier molecular flexibility index (Phi) is 3.35. The maximum absolute atomic E-state index is 9.81. The minimum atomic E-state index is -0.720. The van der Waals surface area contributed by atoms with Crippen molar-refractivity contribution in [1.82, 2.24) is 0 Å². The van der Waals surface area contributed by atoms with Crippen molar-refractivity contribution in [3.8, 4) is 23.0 Å². The summed E-state index contributed by atoms with van der Waals surface area (Å²) in [5.74, 6) is 1.90. The summed E-state index contributed by atoms with van der Waals surface area (Å²) in [7, 11) is 3.04. The first-order chi connectivity index (χ1) is 8.11. The van der Waals surface area contributed by atoms with Crippen molar-refractivity contribution in [3.63, 3.8) is 0 Å². The molecule has 1 N–H and O–H groups in total. The fraction of sp³-hybridized carbons (Fsp3) is 0.455. The van der Waals surface area contributed by atoms with Gasteiger partial charge in [-0.25, -0.2) is 0 Å². The molecule has 0 amide bonds. The topological polar surface area (TPSA) is 57.2 Å². The predicted octanol–water partition coefficient (Wildman–Crippen LogP) is 2.25. The van der Waals surface area contributed by atoms with E-state index in [1.165, 1.54) is 14.2 Å². The van der Waals surface area contributed by atoms with Crippen LogP contribution in [0.15, 0.2) is 4.47 Å². The molecule has 1 aromatic rings. The highest BCUT2D eigenvalue weighted by Crippen LogP contribution is 2.55. The van der Waals surface area contributed by atoms with Crippen LogP contribution in [0.4, 0.5) is 0 Å². The monoisotopic (exact) mass is 304 g/mol. The molecule has 0 spiro atoms. The van der Waals surface area contributed by atoms with Gasteiger partial charge < -0.3 is 24.1 Å². The van der Waals surface area contributed by atoms with Gasteiger partial charge in [0.05, 0.1) is 24.8 Å². The Morgan fingerprint density at radius 3 is 2.18 bits per heavy atom. The number of rotatable bonds is 3. The number of halogens is 1. The average Bonchev–Trinajstić information content (AvgIpc) is 2.75. The van der Waals surface area contributed by atoms with E-state index in [0.717, 1.165) is 0 Å². The van der Waals surface area contributed by atoms with Crippen LogP contribution < -0.4 is 18.9 Å². The molecule has 0 unspecified atom stereocenters. The minimum absolute atomic E-state index is 0.109. The van der Waals surface area contributed by atoms with Crippen LogP contribution in [-0.2, 0) is 0 Å². The lowest BCUT2D eigenvalue weighted by Crippen LogP contribution is -2.01. The number of ether oxygens (including phenoxy) is 4. The van der Waals surface area contributed by atoms with Crippen molar-refractivity contribution < 1.29 is 24.1 Å². The van der Waals surface area contributed by atoms with E-state index in [2.05, 4.69) is 15.9 Å². The first-order valence-electron chi connectivity index (χ1n) is 5.02. The molecule has 17 heavy (non-hydrogen) atoms. The van der Waals surface area contributed by atoms with Gasteiger partial charge in [0.25, 0.3) is 0 Å². The molecule has 1 aromatic carbocycles. The highest BCUT2D eigenvalue weighted by Gasteiger charge is 2.32. The first kappa shape index (κ1) is 12.3. The summed E-state index contributed by atoms with van der Waals surface area (Å²) < 4.78 is 21.8. The lowest BCUT2D eigenvalue weighted by molar-refractivity contribution is 0.167. The number of fused-ring (bicyclic) bond motifs is 1. The maximum Gasteiger partial charge on any atom is 0.231 e. The molecule has 0 fully saturated rings. The zero-order valence-corrected chi connectivity index (χ0v) is 11.3. The van der Waals surface area contributed by atoms with Gasteiger partial charge in [-0.05, 0) is 22.9 Å². The molecule has 1 heterocycles. The number of aliphatic hydroxyl groups is 1. The highest BCUT2D eigenvalue weighted by atomic mass is 79.9. The fourth-order valence-electron chi connectivity index (χ4n) is 1.82. The highest BCUT2D eigenvalue weighted by molar-refractivity contribution is 9.10. The van der Waals surface area contributed by atoms with Crippen molar-refractivity contribution in [1.29, 1.82) is 0 Å². The molecule has 94 valence electrons. The summed E-state index contributed by atoms with van der Waals surface area (Å²) in [6.07, 6.45) is -0.720. The van der Waals surface area contributed by atoms with Crippen LogP contribution in [0.25, 0.3) is 0 Å². The van der Waals surface area contributed by atoms with E-state index < -0.39 is 6.10 Å². The largest absolute Gasteiger partial charge is 0.492 e. The first-order valence-corrected chi connectivity index (χ1v) is 5.82. The second-order valence-corrected chi connectivity index (χ2v) is 4.33. The summed E-state index contributed by atoms with van der Waals surface area (Å²) in [5, 5.41) is 9.81. The summed E-state index contributed by atoms with van der Waals surface area (Å²) in [4.78, 5) is 0. The minimum Gasteiger partial charge on any atom is -0.492 e. The van der Waals surface area contributed by atoms with Gasteiger partial charge >= 0.3 is 0 Å². The van der Waals surface area contributed by atoms with Gasteiger partial charge in [-0.3, -0.25) is 0 Å². The Morgan fingerprint density at radius 2 is 1.71 bits per heavy atom. The molecule has 2 rings (SSSR count). The van der Waals surface area contributed by atoms with Gasteiger partial charge in [0, 0.05) is 5.56 Å². The Hall–Kier alpha value is -1.14. The van der Waals surface area contributed by atoms with Gasteiger partial charge in [-0.1, -0.05) is 0 Å². The molecular weight excluding hydrogens is 292 g/mol. The molecular formula is C11H13BrO5. The molecule has 6 heteroatoms. The van der Waals surface area contributed by atoms with Crippen LogP contribution in [0, 0.1) is 0 Å². The molecule has 0 saturated heterocycles. The Morgan fingerprint density at radius 1 is 1.18 bits per heavy atom. The van der Waals surface area contributed by atoms with Crippen LogP contribution in [0.3, 0.4) is 0 Å². The summed E-state index contributed by atoms with van der Waals surface area (Å²) >= 11 is 3.39. The number of methoxy groups -OCH3 is 2. The predicted molar refractivity (Wildman–Crippen MR) is 64.0 cm³/mol. The van der Waals surface area contributed by atoms with E-state index in [1.54, 1.807) is 6.92 Å². The van der Waals surface area contributed by atoms with Crippen molar-refractivity contribution in [2.75, 3.05) is 21.0 Å². The zero-order chi connectivity index (χ0) is 12.6. The van der Waals surface area contributed by atoms with Crippen LogP contribution in [0.2, 0.25) is 0 Å². The van der Waals surface area contributed by atoms with E-state index in [4.69, 9.17) is 18.9 Å². The molecule has 0 radical (unpaired) electrons. The molecule has 5 nitrogen and oxygen atoms in total. The smallest absolute Gasteiger partial charge is 0.231 e. The quantitative estimate of drug-likeness (QED) is 0.928. The third kappa shape index (κ3) is 1.81. The summed E-state index contributed by atoms with van der Waals surface area (Å²) in [5.41, 5.74) is 0.577. The van der Waals surface area contributed by atoms with Gasteiger partial charge in [0.1, 0.15) is 0 Å². The van der Waals surface area contributed by atoms with Crippen molar-refractivity contribution in [2.24, 2.45) is 0 Å². The van der Waals surface area contributed by atoms with Crippen molar-refractivity contribution >= 4 is 15.9 Å². The SMILES string of the molecule is COc1c(Br)c([C@@H](C)O)c(OC)c2c1OCO2. The lowest BCUT2D eigenvalue weighted by Gasteiger charge is -2.18. The summed E-state index contributed by atoms with van der Waals surface area (Å²) in [6.45, 7) is 1.75. The van der Waals surface area contributed by atoms with Gasteiger partial charge in [-0.15, -0.1) is 0 Å². The molecule has 1 atom stereocenters. The van der Waals surface area contributed by atoms with Crippen LogP contribution in [0.5, 0.6) is 23.0 Å². The maximum atomic E-state index is 9.81. The van der Waals surface area contributed by atoms with E-state index in [1.807, 2.05) is 0 Å². The third-order valence-electron chi connectivity index (χ3n) is 2.53. The average molecular weight is 305 g/mol. The van der Waals surface area contributed by atoms with Crippen molar-refractivity contribution in [3.05, 3.63) is 10.0 Å². The van der Waals surface area contributed by atoms with E-state index in [0.29, 0.717) is 33.0 Å². The van der Waals surface area contributed by atoms with Gasteiger partial charge in [0.15, 0.2) is 11.5 Å². The molecule has 0 saturated carbocycles. The fourth-order valence-corrected chi connectivity index (χ4v) is 2.67. The Balaban J connectivity index is 2.75. The Labute approximate surface area is 107 Å². The standard InChI is InChI=1S/C11H13BrO5/c1-5(13)6-7(12)9(15-3)11-10(8(6)14-2)16-4-17-11/h5,13H,4H2,1-3H3/t5-/m1/s1. The lowest BCUT2D eigenvalue weighted by atomic mass is 10.1. The van der Waals surface area contributed by atoms with E-state index >= 15 is 0 Å². The molecule has 1 aliphatic rings. The number of benzene rings is 1. The number of hydrogen-bond donors (Lipinski definition) is 1. The van der Waals surface area contributed by atoms with Crippen molar-refractivity contribution in [2.45, 2.75) is 13.0 Å². The van der Waals surface area contributed by atoms with Crippen LogP contribution in [-0.4, -0.2) is 26.1 Å². The third-order valence-corrected chi connectivity index (χ3v) is 3.32. The van der Waals surface area contributed by atoms with Gasteiger partial charge in [0.2, 0.25) is 18.3 Å². The van der Waals surface area contributed by atoms with Gasteiger partial charge in [-0.2, -0.15) is 0 Å². The molecule has 1 aliphatic heterocycles. The second-order valence-electron chi connectivity index (χ2n) is 3.53. The van der Waals surface area contributed by atoms with E-state index in [-0.39, 0.29) is 6.79 Å². The van der Waals surface area contributed by atoms with Crippen LogP contribution >= 0.6 is 15.9 Å². The molecule has 0 bridgehead atoms.